The lowest BCUT2D eigenvalue weighted by Gasteiger charge is -2.16. The Bertz CT molecular complexity index is 773. The van der Waals surface area contributed by atoms with E-state index in [9.17, 15) is 5.11 Å². The van der Waals surface area contributed by atoms with E-state index in [1.807, 2.05) is 48.5 Å². The van der Waals surface area contributed by atoms with Gasteiger partial charge in [-0.3, -0.25) is 0 Å². The Kier molecular flexibility index (Phi) is 4.69. The predicted octanol–water partition coefficient (Wildman–Crippen LogP) is 5.72. The summed E-state index contributed by atoms with van der Waals surface area (Å²) in [4.78, 5) is 0. The highest BCUT2D eigenvalue weighted by Gasteiger charge is 2.17. The molecule has 1 N–H and O–H groups in total. The highest BCUT2D eigenvalue weighted by atomic mass is 35.5. The highest BCUT2D eigenvalue weighted by Crippen LogP contribution is 2.44. The fourth-order valence-electron chi connectivity index (χ4n) is 2.12. The first-order valence-electron chi connectivity index (χ1n) is 7.14. The molecular formula is C19H15ClO3. The maximum Gasteiger partial charge on any atom is 0.211 e. The number of para-hydroxylation sites is 2. The minimum atomic E-state index is -0.00588. The summed E-state index contributed by atoms with van der Waals surface area (Å²) in [5, 5.41) is 10.2. The van der Waals surface area contributed by atoms with Crippen LogP contribution in [0.5, 0.6) is 28.7 Å². The molecule has 0 aliphatic carbocycles. The molecule has 0 bridgehead atoms. The van der Waals surface area contributed by atoms with Gasteiger partial charge in [-0.2, -0.15) is 0 Å². The smallest absolute Gasteiger partial charge is 0.211 e. The van der Waals surface area contributed by atoms with Crippen LogP contribution in [-0.2, 0) is 5.88 Å². The lowest BCUT2D eigenvalue weighted by Crippen LogP contribution is -1.95. The lowest BCUT2D eigenvalue weighted by atomic mass is 10.2. The number of ether oxygens (including phenoxy) is 2. The van der Waals surface area contributed by atoms with Crippen LogP contribution in [0.1, 0.15) is 5.56 Å². The van der Waals surface area contributed by atoms with E-state index in [1.54, 1.807) is 24.3 Å². The third-order valence-corrected chi connectivity index (χ3v) is 3.53. The zero-order valence-corrected chi connectivity index (χ0v) is 13.0. The number of aromatic hydroxyl groups is 1. The molecule has 3 nitrogen and oxygen atoms in total. The van der Waals surface area contributed by atoms with Gasteiger partial charge in [0.25, 0.3) is 0 Å². The molecule has 0 atom stereocenters. The monoisotopic (exact) mass is 326 g/mol. The molecular weight excluding hydrogens is 312 g/mol. The largest absolute Gasteiger partial charge is 0.504 e. The van der Waals surface area contributed by atoms with Crippen molar-refractivity contribution in [2.45, 2.75) is 5.88 Å². The first-order valence-corrected chi connectivity index (χ1v) is 7.68. The molecule has 3 aromatic carbocycles. The van der Waals surface area contributed by atoms with Gasteiger partial charge in [0, 0.05) is 5.56 Å². The molecule has 0 saturated heterocycles. The minimum Gasteiger partial charge on any atom is -0.504 e. The van der Waals surface area contributed by atoms with E-state index in [1.165, 1.54) is 0 Å². The standard InChI is InChI=1S/C19H15ClO3/c20-13-14-11-12-17(21)19(23-16-9-5-2-6-10-16)18(14)22-15-7-3-1-4-8-15/h1-12,21H,13H2. The molecule has 23 heavy (non-hydrogen) atoms. The summed E-state index contributed by atoms with van der Waals surface area (Å²) in [6.45, 7) is 0. The number of phenolic OH excluding ortho intramolecular Hbond substituents is 1. The predicted molar refractivity (Wildman–Crippen MR) is 90.7 cm³/mol. The van der Waals surface area contributed by atoms with Crippen molar-refractivity contribution in [2.75, 3.05) is 0 Å². The van der Waals surface area contributed by atoms with E-state index < -0.39 is 0 Å². The molecule has 0 aliphatic heterocycles. The van der Waals surface area contributed by atoms with Crippen LogP contribution in [0.25, 0.3) is 0 Å². The summed E-state index contributed by atoms with van der Waals surface area (Å²) >= 11 is 6.01. The van der Waals surface area contributed by atoms with Gasteiger partial charge in [0.1, 0.15) is 11.5 Å². The molecule has 0 radical (unpaired) electrons. The Morgan fingerprint density at radius 1 is 0.696 bits per heavy atom. The average Bonchev–Trinajstić information content (AvgIpc) is 2.60. The maximum atomic E-state index is 10.2. The van der Waals surface area contributed by atoms with Crippen LogP contribution < -0.4 is 9.47 Å². The van der Waals surface area contributed by atoms with Gasteiger partial charge in [-0.15, -0.1) is 11.6 Å². The van der Waals surface area contributed by atoms with E-state index in [-0.39, 0.29) is 17.4 Å². The van der Waals surface area contributed by atoms with Crippen molar-refractivity contribution in [1.29, 1.82) is 0 Å². The fraction of sp³-hybridized carbons (Fsp3) is 0.0526. The maximum absolute atomic E-state index is 10.2. The van der Waals surface area contributed by atoms with Crippen LogP contribution in [0.15, 0.2) is 72.8 Å². The molecule has 4 heteroatoms. The summed E-state index contributed by atoms with van der Waals surface area (Å²) in [5.41, 5.74) is 0.735. The molecule has 0 heterocycles. The van der Waals surface area contributed by atoms with Crippen LogP contribution in [0, 0.1) is 0 Å². The van der Waals surface area contributed by atoms with E-state index in [4.69, 9.17) is 21.1 Å². The van der Waals surface area contributed by atoms with Gasteiger partial charge < -0.3 is 14.6 Å². The summed E-state index contributed by atoms with van der Waals surface area (Å²) < 4.78 is 11.7. The normalized spacial score (nSPS) is 10.3. The van der Waals surface area contributed by atoms with Crippen molar-refractivity contribution in [3.05, 3.63) is 78.4 Å². The summed E-state index contributed by atoms with van der Waals surface area (Å²) in [7, 11) is 0. The van der Waals surface area contributed by atoms with Crippen LogP contribution in [0.4, 0.5) is 0 Å². The molecule has 0 aromatic heterocycles. The molecule has 116 valence electrons. The Balaban J connectivity index is 2.03. The van der Waals surface area contributed by atoms with Gasteiger partial charge in [0.2, 0.25) is 5.75 Å². The van der Waals surface area contributed by atoms with Crippen molar-refractivity contribution in [3.63, 3.8) is 0 Å². The molecule has 3 rings (SSSR count). The Hall–Kier alpha value is -2.65. The van der Waals surface area contributed by atoms with Crippen molar-refractivity contribution in [2.24, 2.45) is 0 Å². The second-order valence-corrected chi connectivity index (χ2v) is 5.13. The fourth-order valence-corrected chi connectivity index (χ4v) is 2.33. The van der Waals surface area contributed by atoms with Gasteiger partial charge in [-0.25, -0.2) is 0 Å². The molecule has 0 amide bonds. The van der Waals surface area contributed by atoms with Crippen molar-refractivity contribution >= 4 is 11.6 Å². The van der Waals surface area contributed by atoms with E-state index in [0.29, 0.717) is 17.2 Å². The van der Waals surface area contributed by atoms with Gasteiger partial charge in [0.05, 0.1) is 5.88 Å². The summed E-state index contributed by atoms with van der Waals surface area (Å²) in [5.74, 6) is 2.14. The molecule has 0 spiro atoms. The van der Waals surface area contributed by atoms with Gasteiger partial charge in [-0.05, 0) is 30.3 Å². The minimum absolute atomic E-state index is 0.00588. The average molecular weight is 327 g/mol. The summed E-state index contributed by atoms with van der Waals surface area (Å²) in [6, 6.07) is 21.8. The molecule has 0 aliphatic rings. The lowest BCUT2D eigenvalue weighted by molar-refractivity contribution is 0.379. The zero-order chi connectivity index (χ0) is 16.1. The Morgan fingerprint density at radius 3 is 1.74 bits per heavy atom. The first-order chi connectivity index (χ1) is 11.3. The number of rotatable bonds is 5. The molecule has 0 unspecified atom stereocenters. The highest BCUT2D eigenvalue weighted by molar-refractivity contribution is 6.17. The van der Waals surface area contributed by atoms with Crippen LogP contribution in [0.2, 0.25) is 0 Å². The molecule has 3 aromatic rings. The Morgan fingerprint density at radius 2 is 1.22 bits per heavy atom. The van der Waals surface area contributed by atoms with E-state index in [2.05, 4.69) is 0 Å². The third-order valence-electron chi connectivity index (χ3n) is 3.24. The second kappa shape index (κ2) is 7.07. The second-order valence-electron chi connectivity index (χ2n) is 4.87. The molecule has 0 fully saturated rings. The van der Waals surface area contributed by atoms with Crippen LogP contribution >= 0.6 is 11.6 Å². The van der Waals surface area contributed by atoms with E-state index >= 15 is 0 Å². The number of halogens is 1. The number of benzene rings is 3. The van der Waals surface area contributed by atoms with Crippen molar-refractivity contribution < 1.29 is 14.6 Å². The third kappa shape index (κ3) is 3.58. The van der Waals surface area contributed by atoms with Gasteiger partial charge in [0.15, 0.2) is 11.5 Å². The van der Waals surface area contributed by atoms with Gasteiger partial charge >= 0.3 is 0 Å². The van der Waals surface area contributed by atoms with E-state index in [0.717, 1.165) is 5.56 Å². The first kappa shape index (κ1) is 15.3. The number of alkyl halides is 1. The topological polar surface area (TPSA) is 38.7 Å². The quantitative estimate of drug-likeness (QED) is 0.610. The van der Waals surface area contributed by atoms with Crippen molar-refractivity contribution in [1.82, 2.24) is 0 Å². The SMILES string of the molecule is Oc1ccc(CCl)c(Oc2ccccc2)c1Oc1ccccc1. The number of hydrogen-bond donors (Lipinski definition) is 1. The summed E-state index contributed by atoms with van der Waals surface area (Å²) in [6.07, 6.45) is 0. The van der Waals surface area contributed by atoms with Gasteiger partial charge in [-0.1, -0.05) is 42.5 Å². The van der Waals surface area contributed by atoms with Crippen LogP contribution in [-0.4, -0.2) is 5.11 Å². The van der Waals surface area contributed by atoms with Crippen LogP contribution in [0.3, 0.4) is 0 Å². The zero-order valence-electron chi connectivity index (χ0n) is 12.3. The number of phenols is 1. The van der Waals surface area contributed by atoms with Crippen molar-refractivity contribution in [3.8, 4) is 28.7 Å². The number of hydrogen-bond acceptors (Lipinski definition) is 3. The molecule has 0 saturated carbocycles. The Labute approximate surface area is 139 Å².